The van der Waals surface area contributed by atoms with Gasteiger partial charge in [-0.25, -0.2) is 13.8 Å². The molecule has 0 spiro atoms. The summed E-state index contributed by atoms with van der Waals surface area (Å²) in [7, 11) is 1.88. The maximum absolute atomic E-state index is 13.9. The molecular formula is C20H23F2IN6. The molecule has 0 aliphatic rings. The highest BCUT2D eigenvalue weighted by Gasteiger charge is 2.08. The number of halogens is 3. The quantitative estimate of drug-likeness (QED) is 0.302. The van der Waals surface area contributed by atoms with E-state index in [1.165, 1.54) is 6.07 Å². The number of nitrogens with zero attached hydrogens (tertiary/aromatic N) is 4. The van der Waals surface area contributed by atoms with Gasteiger partial charge in [0.2, 0.25) is 0 Å². The second-order valence-electron chi connectivity index (χ2n) is 6.32. The molecule has 0 bridgehead atoms. The fourth-order valence-corrected chi connectivity index (χ4v) is 2.55. The van der Waals surface area contributed by atoms with E-state index in [9.17, 15) is 8.78 Å². The van der Waals surface area contributed by atoms with Gasteiger partial charge in [-0.3, -0.25) is 0 Å². The summed E-state index contributed by atoms with van der Waals surface area (Å²) in [5, 5.41) is 14.3. The highest BCUT2D eigenvalue weighted by atomic mass is 127. The average Bonchev–Trinajstić information content (AvgIpc) is 3.02. The molecule has 9 heteroatoms. The topological polar surface area (TPSA) is 67.1 Å². The van der Waals surface area contributed by atoms with Crippen molar-refractivity contribution in [3.05, 3.63) is 82.9 Å². The standard InChI is InChI=1S/C20H22F2N6.HI/c1-14-26-27-19(28(14)2)13-25-20(23-11-15-6-4-3-5-7-15)24-12-16-10-17(21)8-9-18(16)22;/h3-10H,11-13H2,1-2H3,(H2,23,24,25);1H. The maximum Gasteiger partial charge on any atom is 0.192 e. The molecule has 1 heterocycles. The normalized spacial score (nSPS) is 11.1. The van der Waals surface area contributed by atoms with Gasteiger partial charge in [0.05, 0.1) is 13.1 Å². The van der Waals surface area contributed by atoms with Gasteiger partial charge >= 0.3 is 0 Å². The zero-order chi connectivity index (χ0) is 19.9. The maximum atomic E-state index is 13.9. The highest BCUT2D eigenvalue weighted by molar-refractivity contribution is 14.0. The van der Waals surface area contributed by atoms with Crippen molar-refractivity contribution in [3.63, 3.8) is 0 Å². The van der Waals surface area contributed by atoms with Gasteiger partial charge in [-0.1, -0.05) is 30.3 Å². The molecular weight excluding hydrogens is 489 g/mol. The van der Waals surface area contributed by atoms with Crippen LogP contribution in [0.2, 0.25) is 0 Å². The van der Waals surface area contributed by atoms with E-state index >= 15 is 0 Å². The number of guanidine groups is 1. The van der Waals surface area contributed by atoms with E-state index in [1.54, 1.807) is 0 Å². The average molecular weight is 512 g/mol. The Morgan fingerprint density at radius 1 is 1.03 bits per heavy atom. The Balaban J connectivity index is 0.00000300. The van der Waals surface area contributed by atoms with Crippen LogP contribution < -0.4 is 10.6 Å². The Morgan fingerprint density at radius 3 is 2.45 bits per heavy atom. The van der Waals surface area contributed by atoms with Crippen molar-refractivity contribution in [1.29, 1.82) is 0 Å². The lowest BCUT2D eigenvalue weighted by atomic mass is 10.2. The molecule has 0 aliphatic carbocycles. The van der Waals surface area contributed by atoms with Gasteiger partial charge in [-0.2, -0.15) is 0 Å². The van der Waals surface area contributed by atoms with E-state index in [-0.39, 0.29) is 36.1 Å². The smallest absolute Gasteiger partial charge is 0.192 e. The monoisotopic (exact) mass is 512 g/mol. The fraction of sp³-hybridized carbons (Fsp3) is 0.250. The number of rotatable bonds is 6. The molecule has 2 aromatic carbocycles. The number of aryl methyl sites for hydroxylation is 1. The van der Waals surface area contributed by atoms with E-state index < -0.39 is 11.6 Å². The molecule has 154 valence electrons. The first kappa shape index (κ1) is 22.7. The minimum Gasteiger partial charge on any atom is -0.352 e. The van der Waals surface area contributed by atoms with Gasteiger partial charge in [0, 0.05) is 19.2 Å². The molecule has 3 rings (SSSR count). The van der Waals surface area contributed by atoms with Crippen LogP contribution in [0.4, 0.5) is 8.78 Å². The van der Waals surface area contributed by atoms with Crippen molar-refractivity contribution in [2.75, 3.05) is 0 Å². The van der Waals surface area contributed by atoms with Crippen LogP contribution >= 0.6 is 24.0 Å². The Kier molecular flexibility index (Phi) is 8.50. The Bertz CT molecular complexity index is 959. The largest absolute Gasteiger partial charge is 0.352 e. The molecule has 2 N–H and O–H groups in total. The summed E-state index contributed by atoms with van der Waals surface area (Å²) in [6.07, 6.45) is 0. The first-order chi connectivity index (χ1) is 13.5. The second-order valence-corrected chi connectivity index (χ2v) is 6.32. The summed E-state index contributed by atoms with van der Waals surface area (Å²) in [6, 6.07) is 13.1. The molecule has 29 heavy (non-hydrogen) atoms. The summed E-state index contributed by atoms with van der Waals surface area (Å²) in [5.74, 6) is 1.05. The third-order valence-electron chi connectivity index (χ3n) is 4.31. The van der Waals surface area contributed by atoms with Gasteiger partial charge in [0.15, 0.2) is 11.8 Å². The third-order valence-corrected chi connectivity index (χ3v) is 4.31. The Morgan fingerprint density at radius 2 is 1.76 bits per heavy atom. The summed E-state index contributed by atoms with van der Waals surface area (Å²) >= 11 is 0. The molecule has 3 aromatic rings. The van der Waals surface area contributed by atoms with E-state index in [0.29, 0.717) is 19.0 Å². The molecule has 0 radical (unpaired) electrons. The lowest BCUT2D eigenvalue weighted by Gasteiger charge is -2.13. The van der Waals surface area contributed by atoms with Crippen LogP contribution in [-0.4, -0.2) is 20.7 Å². The zero-order valence-corrected chi connectivity index (χ0v) is 18.5. The van der Waals surface area contributed by atoms with Crippen molar-refractivity contribution >= 4 is 29.9 Å². The van der Waals surface area contributed by atoms with Crippen molar-refractivity contribution < 1.29 is 8.78 Å². The van der Waals surface area contributed by atoms with Crippen LogP contribution in [0.25, 0.3) is 0 Å². The minimum absolute atomic E-state index is 0. The SMILES string of the molecule is Cc1nnc(CNC(=NCc2ccccc2)NCc2cc(F)ccc2F)n1C.I. The number of aromatic nitrogens is 3. The van der Waals surface area contributed by atoms with Crippen LogP contribution in [-0.2, 0) is 26.7 Å². The molecule has 0 atom stereocenters. The molecule has 0 fully saturated rings. The lowest BCUT2D eigenvalue weighted by molar-refractivity contribution is 0.580. The number of hydrogen-bond acceptors (Lipinski definition) is 3. The van der Waals surface area contributed by atoms with Gasteiger partial charge in [-0.05, 0) is 30.7 Å². The van der Waals surface area contributed by atoms with Crippen molar-refractivity contribution in [2.45, 2.75) is 26.6 Å². The predicted molar refractivity (Wildman–Crippen MR) is 119 cm³/mol. The number of benzene rings is 2. The Labute approximate surface area is 185 Å². The number of nitrogens with one attached hydrogen (secondary N) is 2. The van der Waals surface area contributed by atoms with Crippen LogP contribution in [0, 0.1) is 18.6 Å². The molecule has 1 aromatic heterocycles. The minimum atomic E-state index is -0.483. The molecule has 0 saturated carbocycles. The third kappa shape index (κ3) is 6.48. The summed E-state index contributed by atoms with van der Waals surface area (Å²) < 4.78 is 29.2. The zero-order valence-electron chi connectivity index (χ0n) is 16.2. The predicted octanol–water partition coefficient (Wildman–Crippen LogP) is 3.46. The number of aliphatic imine (C=N–C) groups is 1. The molecule has 0 amide bonds. The van der Waals surface area contributed by atoms with E-state index in [2.05, 4.69) is 25.8 Å². The van der Waals surface area contributed by atoms with Crippen LogP contribution in [0.15, 0.2) is 53.5 Å². The van der Waals surface area contributed by atoms with Gasteiger partial charge in [0.25, 0.3) is 0 Å². The van der Waals surface area contributed by atoms with Crippen molar-refractivity contribution in [3.8, 4) is 0 Å². The fourth-order valence-electron chi connectivity index (χ4n) is 2.55. The summed E-state index contributed by atoms with van der Waals surface area (Å²) in [6.45, 7) is 2.80. The first-order valence-corrected chi connectivity index (χ1v) is 8.88. The number of hydrogen-bond donors (Lipinski definition) is 2. The van der Waals surface area contributed by atoms with E-state index in [0.717, 1.165) is 29.3 Å². The summed E-state index contributed by atoms with van der Waals surface area (Å²) in [5.41, 5.74) is 1.26. The molecule has 6 nitrogen and oxygen atoms in total. The molecule has 0 unspecified atom stereocenters. The second kappa shape index (κ2) is 10.8. The van der Waals surface area contributed by atoms with Crippen molar-refractivity contribution in [1.82, 2.24) is 25.4 Å². The van der Waals surface area contributed by atoms with E-state index in [1.807, 2.05) is 48.9 Å². The molecule has 0 saturated heterocycles. The first-order valence-electron chi connectivity index (χ1n) is 8.88. The Hall–Kier alpha value is -2.56. The van der Waals surface area contributed by atoms with Crippen LogP contribution in [0.3, 0.4) is 0 Å². The molecule has 0 aliphatic heterocycles. The van der Waals surface area contributed by atoms with Gasteiger partial charge < -0.3 is 15.2 Å². The van der Waals surface area contributed by atoms with Crippen molar-refractivity contribution in [2.24, 2.45) is 12.0 Å². The van der Waals surface area contributed by atoms with Gasteiger partial charge in [0.1, 0.15) is 17.5 Å². The van der Waals surface area contributed by atoms with Crippen LogP contribution in [0.1, 0.15) is 22.8 Å². The van der Waals surface area contributed by atoms with Crippen LogP contribution in [0.5, 0.6) is 0 Å². The summed E-state index contributed by atoms with van der Waals surface area (Å²) in [4.78, 5) is 4.53. The van der Waals surface area contributed by atoms with E-state index in [4.69, 9.17) is 0 Å². The van der Waals surface area contributed by atoms with Gasteiger partial charge in [-0.15, -0.1) is 34.2 Å². The lowest BCUT2D eigenvalue weighted by Crippen LogP contribution is -2.37. The highest BCUT2D eigenvalue weighted by Crippen LogP contribution is 2.09.